The molecule has 90 valence electrons. The lowest BCUT2D eigenvalue weighted by atomic mass is 10.0. The zero-order chi connectivity index (χ0) is 11.3. The molecule has 0 aliphatic carbocycles. The molecule has 1 amide bonds. The number of halogens is 1. The van der Waals surface area contributed by atoms with Gasteiger partial charge in [0.1, 0.15) is 0 Å². The largest absolute Gasteiger partial charge is 0.370 e. The monoisotopic (exact) mass is 243 g/mol. The molecule has 6 N–H and O–H groups in total. The lowest BCUT2D eigenvalue weighted by molar-refractivity contribution is -0.118. The molecule has 0 aliphatic rings. The highest BCUT2D eigenvalue weighted by molar-refractivity contribution is 5.85. The first-order valence-corrected chi connectivity index (χ1v) is 4.93. The molecule has 0 saturated heterocycles. The van der Waals surface area contributed by atoms with Crippen LogP contribution < -0.4 is 17.2 Å². The van der Waals surface area contributed by atoms with E-state index in [4.69, 9.17) is 17.2 Å². The fourth-order valence-electron chi connectivity index (χ4n) is 1.44. The first-order valence-electron chi connectivity index (χ1n) is 4.93. The van der Waals surface area contributed by atoms with Crippen molar-refractivity contribution in [2.75, 3.05) is 0 Å². The van der Waals surface area contributed by atoms with Crippen molar-refractivity contribution >= 4 is 18.3 Å². The van der Waals surface area contributed by atoms with Gasteiger partial charge in [0.05, 0.1) is 0 Å². The summed E-state index contributed by atoms with van der Waals surface area (Å²) < 4.78 is 0. The maximum atomic E-state index is 10.6. The predicted molar refractivity (Wildman–Crippen MR) is 67.1 cm³/mol. The van der Waals surface area contributed by atoms with E-state index in [1.807, 2.05) is 24.3 Å². The van der Waals surface area contributed by atoms with Crippen molar-refractivity contribution in [2.45, 2.75) is 25.4 Å². The van der Waals surface area contributed by atoms with E-state index in [9.17, 15) is 4.79 Å². The number of carbonyl (C=O) groups excluding carboxylic acids is 1. The van der Waals surface area contributed by atoms with Crippen LogP contribution in [0.4, 0.5) is 0 Å². The molecule has 0 unspecified atom stereocenters. The van der Waals surface area contributed by atoms with Crippen LogP contribution in [0.1, 0.15) is 17.5 Å². The van der Waals surface area contributed by atoms with E-state index >= 15 is 0 Å². The number of hydrogen-bond donors (Lipinski definition) is 3. The van der Waals surface area contributed by atoms with E-state index in [0.717, 1.165) is 11.1 Å². The van der Waals surface area contributed by atoms with Gasteiger partial charge in [0.15, 0.2) is 0 Å². The van der Waals surface area contributed by atoms with Gasteiger partial charge in [0.2, 0.25) is 5.91 Å². The molecule has 4 nitrogen and oxygen atoms in total. The van der Waals surface area contributed by atoms with Gasteiger partial charge in [0.25, 0.3) is 0 Å². The van der Waals surface area contributed by atoms with Crippen LogP contribution in [0.5, 0.6) is 0 Å². The van der Waals surface area contributed by atoms with Gasteiger partial charge in [-0.2, -0.15) is 0 Å². The number of primary amides is 1. The van der Waals surface area contributed by atoms with Gasteiger partial charge in [-0.3, -0.25) is 4.79 Å². The molecule has 0 fully saturated rings. The molecule has 0 spiro atoms. The standard InChI is InChI=1S/C11H17N3O.ClH/c12-7-9-3-1-8(2-4-9)5-10(13)6-11(14)15;/h1-4,10H,5-7,12-13H2,(H2,14,15);1H/t10-;/m0./s1. The van der Waals surface area contributed by atoms with Gasteiger partial charge < -0.3 is 17.2 Å². The number of carbonyl (C=O) groups is 1. The first kappa shape index (κ1) is 14.9. The van der Waals surface area contributed by atoms with E-state index < -0.39 is 0 Å². The van der Waals surface area contributed by atoms with Gasteiger partial charge in [-0.15, -0.1) is 12.4 Å². The predicted octanol–water partition coefficient (Wildman–Crippen LogP) is 0.312. The number of hydrogen-bond acceptors (Lipinski definition) is 3. The third kappa shape index (κ3) is 5.11. The minimum absolute atomic E-state index is 0. The van der Waals surface area contributed by atoms with Crippen molar-refractivity contribution in [1.82, 2.24) is 0 Å². The highest BCUT2D eigenvalue weighted by Crippen LogP contribution is 2.07. The Kier molecular flexibility index (Phi) is 6.72. The second kappa shape index (κ2) is 7.22. The quantitative estimate of drug-likeness (QED) is 0.695. The third-order valence-corrected chi connectivity index (χ3v) is 2.22. The summed E-state index contributed by atoms with van der Waals surface area (Å²) in [6.45, 7) is 0.535. The number of nitrogens with two attached hydrogens (primary N) is 3. The topological polar surface area (TPSA) is 95.1 Å². The summed E-state index contributed by atoms with van der Waals surface area (Å²) in [5.74, 6) is -0.360. The molecule has 0 aliphatic heterocycles. The van der Waals surface area contributed by atoms with Crippen molar-refractivity contribution in [3.63, 3.8) is 0 Å². The highest BCUT2D eigenvalue weighted by atomic mass is 35.5. The molecule has 0 heterocycles. The fraction of sp³-hybridized carbons (Fsp3) is 0.364. The van der Waals surface area contributed by atoms with Crippen molar-refractivity contribution in [2.24, 2.45) is 17.2 Å². The molecule has 1 rings (SSSR count). The Morgan fingerprint density at radius 1 is 1.19 bits per heavy atom. The number of rotatable bonds is 5. The van der Waals surface area contributed by atoms with Gasteiger partial charge >= 0.3 is 0 Å². The van der Waals surface area contributed by atoms with Crippen LogP contribution >= 0.6 is 12.4 Å². The summed E-state index contributed by atoms with van der Waals surface area (Å²) in [7, 11) is 0. The van der Waals surface area contributed by atoms with Gasteiger partial charge in [-0.05, 0) is 17.5 Å². The van der Waals surface area contributed by atoms with Crippen LogP contribution in [-0.4, -0.2) is 11.9 Å². The maximum Gasteiger partial charge on any atom is 0.218 e. The highest BCUT2D eigenvalue weighted by Gasteiger charge is 2.07. The molecule has 0 saturated carbocycles. The smallest absolute Gasteiger partial charge is 0.218 e. The van der Waals surface area contributed by atoms with Crippen LogP contribution in [0, 0.1) is 0 Å². The summed E-state index contributed by atoms with van der Waals surface area (Å²) in [4.78, 5) is 10.6. The van der Waals surface area contributed by atoms with Crippen molar-refractivity contribution in [3.05, 3.63) is 35.4 Å². The zero-order valence-corrected chi connectivity index (χ0v) is 9.87. The van der Waals surface area contributed by atoms with Crippen LogP contribution in [0.25, 0.3) is 0 Å². The average molecular weight is 244 g/mol. The number of benzene rings is 1. The summed E-state index contributed by atoms with van der Waals surface area (Å²) in [6, 6.07) is 7.68. The maximum absolute atomic E-state index is 10.6. The summed E-state index contributed by atoms with van der Waals surface area (Å²) in [6.07, 6.45) is 0.881. The third-order valence-electron chi connectivity index (χ3n) is 2.22. The SMILES string of the molecule is Cl.NCc1ccc(C[C@H](N)CC(N)=O)cc1. The number of amides is 1. The summed E-state index contributed by atoms with van der Waals surface area (Å²) >= 11 is 0. The Balaban J connectivity index is 0.00000225. The minimum Gasteiger partial charge on any atom is -0.370 e. The van der Waals surface area contributed by atoms with E-state index in [1.54, 1.807) is 0 Å². The average Bonchev–Trinajstić information content (AvgIpc) is 2.17. The summed E-state index contributed by atoms with van der Waals surface area (Å²) in [5, 5.41) is 0. The van der Waals surface area contributed by atoms with E-state index in [0.29, 0.717) is 13.0 Å². The van der Waals surface area contributed by atoms with Crippen LogP contribution in [0.15, 0.2) is 24.3 Å². The Morgan fingerprint density at radius 2 is 1.69 bits per heavy atom. The lowest BCUT2D eigenvalue weighted by Gasteiger charge is -2.09. The van der Waals surface area contributed by atoms with Crippen molar-refractivity contribution < 1.29 is 4.79 Å². The van der Waals surface area contributed by atoms with E-state index in [1.165, 1.54) is 0 Å². The molecular formula is C11H18ClN3O. The normalized spacial score (nSPS) is 11.6. The van der Waals surface area contributed by atoms with E-state index in [2.05, 4.69) is 0 Å². The molecule has 0 radical (unpaired) electrons. The van der Waals surface area contributed by atoms with Crippen LogP contribution in [-0.2, 0) is 17.8 Å². The first-order chi connectivity index (χ1) is 7.11. The molecule has 1 aromatic carbocycles. The van der Waals surface area contributed by atoms with Crippen molar-refractivity contribution in [1.29, 1.82) is 0 Å². The van der Waals surface area contributed by atoms with Crippen LogP contribution in [0.3, 0.4) is 0 Å². The minimum atomic E-state index is -0.360. The second-order valence-electron chi connectivity index (χ2n) is 3.66. The molecule has 1 aromatic rings. The molecule has 16 heavy (non-hydrogen) atoms. The Hall–Kier alpha value is -1.10. The second-order valence-corrected chi connectivity index (χ2v) is 3.66. The zero-order valence-electron chi connectivity index (χ0n) is 9.06. The Morgan fingerprint density at radius 3 is 2.12 bits per heavy atom. The van der Waals surface area contributed by atoms with E-state index in [-0.39, 0.29) is 30.8 Å². The van der Waals surface area contributed by atoms with Crippen molar-refractivity contribution in [3.8, 4) is 0 Å². The van der Waals surface area contributed by atoms with Gasteiger partial charge in [0, 0.05) is 19.0 Å². The lowest BCUT2D eigenvalue weighted by Crippen LogP contribution is -2.29. The fourth-order valence-corrected chi connectivity index (χ4v) is 1.44. The summed E-state index contributed by atoms with van der Waals surface area (Å²) in [5.41, 5.74) is 18.5. The molecule has 1 atom stereocenters. The van der Waals surface area contributed by atoms with Gasteiger partial charge in [-0.1, -0.05) is 24.3 Å². The molecule has 0 bridgehead atoms. The Labute approximate surface area is 102 Å². The Bertz CT molecular complexity index is 327. The molecule has 0 aromatic heterocycles. The molecular weight excluding hydrogens is 226 g/mol. The van der Waals surface area contributed by atoms with Gasteiger partial charge in [-0.25, -0.2) is 0 Å². The van der Waals surface area contributed by atoms with Crippen LogP contribution in [0.2, 0.25) is 0 Å². The molecule has 5 heteroatoms.